The van der Waals surface area contributed by atoms with Gasteiger partial charge in [0.2, 0.25) is 0 Å². The van der Waals surface area contributed by atoms with Gasteiger partial charge in [-0.15, -0.1) is 0 Å². The van der Waals surface area contributed by atoms with E-state index in [1.54, 1.807) is 25.1 Å². The summed E-state index contributed by atoms with van der Waals surface area (Å²) in [5, 5.41) is 9.94. The van der Waals surface area contributed by atoms with E-state index in [0.29, 0.717) is 12.4 Å². The highest BCUT2D eigenvalue weighted by molar-refractivity contribution is 6.06. The van der Waals surface area contributed by atoms with Crippen LogP contribution < -0.4 is 10.1 Å². The van der Waals surface area contributed by atoms with E-state index in [4.69, 9.17) is 4.74 Å². The first-order valence-electron chi connectivity index (χ1n) is 8.01. The molecule has 3 aromatic rings. The van der Waals surface area contributed by atoms with Crippen LogP contribution in [-0.4, -0.2) is 27.5 Å². The molecule has 0 bridgehead atoms. The molecule has 0 aliphatic heterocycles. The van der Waals surface area contributed by atoms with Gasteiger partial charge in [-0.2, -0.15) is 28.2 Å². The molecule has 0 fully saturated rings. The number of hydrogen-bond acceptors (Lipinski definition) is 4. The molecule has 140 valence electrons. The molecule has 0 atom stereocenters. The molecular weight excluding hydrogens is 361 g/mol. The normalized spacial score (nSPS) is 11.3. The van der Waals surface area contributed by atoms with Crippen LogP contribution >= 0.6 is 0 Å². The van der Waals surface area contributed by atoms with E-state index in [9.17, 15) is 18.0 Å². The van der Waals surface area contributed by atoms with Gasteiger partial charge in [-0.25, -0.2) is 0 Å². The van der Waals surface area contributed by atoms with Gasteiger partial charge in [0.05, 0.1) is 41.5 Å². The fraction of sp³-hybridized carbons (Fsp3) is 0.167. The molecule has 1 aromatic heterocycles. The van der Waals surface area contributed by atoms with Crippen molar-refractivity contribution in [2.75, 3.05) is 11.9 Å². The van der Waals surface area contributed by atoms with Gasteiger partial charge in [0, 0.05) is 0 Å². The zero-order valence-electron chi connectivity index (χ0n) is 14.2. The molecule has 0 spiro atoms. The Labute approximate surface area is 152 Å². The Bertz CT molecular complexity index is 940. The number of hydrogen-bond donors (Lipinski definition) is 1. The highest BCUT2D eigenvalue weighted by atomic mass is 19.4. The lowest BCUT2D eigenvalue weighted by atomic mass is 10.1. The third-order valence-electron chi connectivity index (χ3n) is 3.64. The predicted octanol–water partition coefficient (Wildman–Crippen LogP) is 3.94. The number of ether oxygens (including phenoxy) is 1. The minimum absolute atomic E-state index is 0.125. The summed E-state index contributed by atoms with van der Waals surface area (Å²) in [7, 11) is 0. The van der Waals surface area contributed by atoms with E-state index in [1.807, 2.05) is 0 Å². The number of amides is 1. The molecule has 0 saturated carbocycles. The second-order valence-electron chi connectivity index (χ2n) is 5.43. The molecule has 0 aliphatic carbocycles. The summed E-state index contributed by atoms with van der Waals surface area (Å²) in [6.45, 7) is 2.07. The van der Waals surface area contributed by atoms with E-state index in [2.05, 4.69) is 15.5 Å². The van der Waals surface area contributed by atoms with Crippen molar-refractivity contribution in [1.82, 2.24) is 15.0 Å². The second-order valence-corrected chi connectivity index (χ2v) is 5.43. The maximum absolute atomic E-state index is 13.5. The zero-order chi connectivity index (χ0) is 19.4. The number of anilines is 1. The van der Waals surface area contributed by atoms with Gasteiger partial charge in [-0.3, -0.25) is 4.79 Å². The van der Waals surface area contributed by atoms with Gasteiger partial charge in [-0.05, 0) is 37.3 Å². The van der Waals surface area contributed by atoms with Crippen LogP contribution in [0.4, 0.5) is 18.9 Å². The summed E-state index contributed by atoms with van der Waals surface area (Å²) in [6, 6.07) is 9.78. The molecular formula is C18H15F3N4O2. The third-order valence-corrected chi connectivity index (χ3v) is 3.64. The number of carbonyl (C=O) groups is 1. The first-order chi connectivity index (χ1) is 12.9. The Morgan fingerprint density at radius 2 is 1.85 bits per heavy atom. The Kier molecular flexibility index (Phi) is 5.11. The minimum atomic E-state index is -4.68. The monoisotopic (exact) mass is 376 g/mol. The topological polar surface area (TPSA) is 69.0 Å². The Morgan fingerprint density at radius 1 is 1.15 bits per heavy atom. The molecule has 1 heterocycles. The average Bonchev–Trinajstić information content (AvgIpc) is 3.16. The highest BCUT2D eigenvalue weighted by Crippen LogP contribution is 2.36. The summed E-state index contributed by atoms with van der Waals surface area (Å²) >= 11 is 0. The number of para-hydroxylation sites is 1. The van der Waals surface area contributed by atoms with Crippen LogP contribution in [0.5, 0.6) is 5.75 Å². The lowest BCUT2D eigenvalue weighted by molar-refractivity contribution is -0.136. The SMILES string of the molecule is CCOc1ccccc1C(=O)Nc1ccc(-n2nccn2)cc1C(F)(F)F. The Hall–Kier alpha value is -3.36. The van der Waals surface area contributed by atoms with Crippen molar-refractivity contribution in [2.24, 2.45) is 0 Å². The van der Waals surface area contributed by atoms with Crippen molar-refractivity contribution in [3.05, 3.63) is 66.0 Å². The largest absolute Gasteiger partial charge is 0.493 e. The van der Waals surface area contributed by atoms with Crippen LogP contribution in [0.15, 0.2) is 54.9 Å². The van der Waals surface area contributed by atoms with Crippen LogP contribution in [0.1, 0.15) is 22.8 Å². The molecule has 0 unspecified atom stereocenters. The fourth-order valence-corrected chi connectivity index (χ4v) is 2.47. The molecule has 9 heteroatoms. The van der Waals surface area contributed by atoms with Gasteiger partial charge >= 0.3 is 6.18 Å². The van der Waals surface area contributed by atoms with Crippen LogP contribution in [0.2, 0.25) is 0 Å². The summed E-state index contributed by atoms with van der Waals surface area (Å²) in [4.78, 5) is 13.6. The van der Waals surface area contributed by atoms with Gasteiger partial charge in [0.25, 0.3) is 5.91 Å². The number of aromatic nitrogens is 3. The Balaban J connectivity index is 1.96. The van der Waals surface area contributed by atoms with Crippen molar-refractivity contribution in [2.45, 2.75) is 13.1 Å². The number of benzene rings is 2. The summed E-state index contributed by atoms with van der Waals surface area (Å²) in [5.41, 5.74) is -1.10. The maximum Gasteiger partial charge on any atom is 0.418 e. The zero-order valence-corrected chi connectivity index (χ0v) is 14.2. The minimum Gasteiger partial charge on any atom is -0.493 e. The number of nitrogens with zero attached hydrogens (tertiary/aromatic N) is 3. The molecule has 2 aromatic carbocycles. The van der Waals surface area contributed by atoms with E-state index in [-0.39, 0.29) is 16.9 Å². The molecule has 27 heavy (non-hydrogen) atoms. The number of nitrogens with one attached hydrogen (secondary N) is 1. The van der Waals surface area contributed by atoms with E-state index < -0.39 is 17.6 Å². The summed E-state index contributed by atoms with van der Waals surface area (Å²) in [6.07, 6.45) is -1.97. The number of rotatable bonds is 5. The van der Waals surface area contributed by atoms with Gasteiger partial charge < -0.3 is 10.1 Å². The van der Waals surface area contributed by atoms with Crippen molar-refractivity contribution in [3.63, 3.8) is 0 Å². The molecule has 0 aliphatic rings. The predicted molar refractivity (Wildman–Crippen MR) is 91.9 cm³/mol. The second kappa shape index (κ2) is 7.48. The number of halogens is 3. The van der Waals surface area contributed by atoms with Crippen LogP contribution in [0.3, 0.4) is 0 Å². The summed E-state index contributed by atoms with van der Waals surface area (Å²) in [5.74, 6) is -0.405. The van der Waals surface area contributed by atoms with Crippen LogP contribution in [0.25, 0.3) is 5.69 Å². The van der Waals surface area contributed by atoms with Crippen LogP contribution in [-0.2, 0) is 6.18 Å². The average molecular weight is 376 g/mol. The first kappa shape index (κ1) is 18.4. The molecule has 1 amide bonds. The molecule has 0 saturated heterocycles. The lowest BCUT2D eigenvalue weighted by Gasteiger charge is -2.16. The standard InChI is InChI=1S/C18H15F3N4O2/c1-2-27-16-6-4-3-5-13(16)17(26)24-15-8-7-12(25-22-9-10-23-25)11-14(15)18(19,20)21/h3-11H,2H2,1H3,(H,24,26). The molecule has 3 rings (SSSR count). The summed E-state index contributed by atoms with van der Waals surface area (Å²) < 4.78 is 45.8. The van der Waals surface area contributed by atoms with E-state index in [1.165, 1.54) is 30.6 Å². The van der Waals surface area contributed by atoms with Crippen LogP contribution in [0, 0.1) is 0 Å². The fourth-order valence-electron chi connectivity index (χ4n) is 2.47. The van der Waals surface area contributed by atoms with Gasteiger partial charge in [0.1, 0.15) is 5.75 Å². The quantitative estimate of drug-likeness (QED) is 0.732. The van der Waals surface area contributed by atoms with Crippen molar-refractivity contribution < 1.29 is 22.7 Å². The molecule has 6 nitrogen and oxygen atoms in total. The van der Waals surface area contributed by atoms with Gasteiger partial charge in [0.15, 0.2) is 0 Å². The van der Waals surface area contributed by atoms with Crippen molar-refractivity contribution in [3.8, 4) is 11.4 Å². The number of alkyl halides is 3. The molecule has 1 N–H and O–H groups in total. The maximum atomic E-state index is 13.5. The lowest BCUT2D eigenvalue weighted by Crippen LogP contribution is -2.18. The first-order valence-corrected chi connectivity index (χ1v) is 8.01. The van der Waals surface area contributed by atoms with Crippen molar-refractivity contribution in [1.29, 1.82) is 0 Å². The van der Waals surface area contributed by atoms with E-state index >= 15 is 0 Å². The van der Waals surface area contributed by atoms with Gasteiger partial charge in [-0.1, -0.05) is 12.1 Å². The smallest absolute Gasteiger partial charge is 0.418 e. The highest BCUT2D eigenvalue weighted by Gasteiger charge is 2.34. The number of carbonyl (C=O) groups excluding carboxylic acids is 1. The third kappa shape index (κ3) is 4.08. The molecule has 0 radical (unpaired) electrons. The Morgan fingerprint density at radius 3 is 2.52 bits per heavy atom. The van der Waals surface area contributed by atoms with Crippen molar-refractivity contribution >= 4 is 11.6 Å². The van der Waals surface area contributed by atoms with E-state index in [0.717, 1.165) is 10.9 Å².